The largest absolute Gasteiger partial charge is 0.490 e. The molecule has 0 saturated carbocycles. The summed E-state index contributed by atoms with van der Waals surface area (Å²) in [6.07, 6.45) is 11.1. The van der Waals surface area contributed by atoms with E-state index in [1.165, 1.54) is 10.5 Å². The zero-order valence-electron chi connectivity index (χ0n) is 18.0. The number of benzene rings is 1. The highest BCUT2D eigenvalue weighted by Gasteiger charge is 2.12. The molecule has 1 aromatic heterocycles. The summed E-state index contributed by atoms with van der Waals surface area (Å²) in [5.74, 6) is 2.79. The molecule has 0 aliphatic carbocycles. The lowest BCUT2D eigenvalue weighted by atomic mass is 10.2. The normalized spacial score (nSPS) is 12.6. The minimum absolute atomic E-state index is 0.573. The van der Waals surface area contributed by atoms with Gasteiger partial charge in [0.2, 0.25) is 5.89 Å². The molecule has 0 unspecified atom stereocenters. The molecule has 2 rings (SSSR count). The lowest BCUT2D eigenvalue weighted by Gasteiger charge is -2.11. The summed E-state index contributed by atoms with van der Waals surface area (Å²) in [6.45, 7) is 11.4. The number of ether oxygens (including phenoxy) is 2. The summed E-state index contributed by atoms with van der Waals surface area (Å²) >= 11 is 1.78. The first-order chi connectivity index (χ1) is 14.1. The van der Waals surface area contributed by atoms with Crippen molar-refractivity contribution in [3.63, 3.8) is 0 Å². The number of oxazole rings is 1. The smallest absolute Gasteiger partial charge is 0.226 e. The second-order valence-electron chi connectivity index (χ2n) is 6.34. The second-order valence-corrected chi connectivity index (χ2v) is 7.36. The molecule has 0 atom stereocenters. The minimum atomic E-state index is 0.573. The van der Waals surface area contributed by atoms with E-state index in [1.807, 2.05) is 51.1 Å². The monoisotopic (exact) mass is 413 g/mol. The average Bonchev–Trinajstić information content (AvgIpc) is 3.20. The Labute approximate surface area is 178 Å². The van der Waals surface area contributed by atoms with Crippen molar-refractivity contribution in [2.45, 2.75) is 46.8 Å². The Balaban J connectivity index is 2.15. The summed E-state index contributed by atoms with van der Waals surface area (Å²) in [7, 11) is 0. The molecule has 2 aromatic rings. The molecular weight excluding hydrogens is 382 g/mol. The number of rotatable bonds is 11. The molecule has 29 heavy (non-hydrogen) atoms. The Morgan fingerprint density at radius 2 is 1.86 bits per heavy atom. The van der Waals surface area contributed by atoms with E-state index < -0.39 is 0 Å². The fourth-order valence-electron chi connectivity index (χ4n) is 2.58. The van der Waals surface area contributed by atoms with Crippen molar-refractivity contribution in [1.82, 2.24) is 4.98 Å². The van der Waals surface area contributed by atoms with E-state index in [1.54, 1.807) is 18.0 Å². The van der Waals surface area contributed by atoms with Gasteiger partial charge in [0.15, 0.2) is 11.5 Å². The highest BCUT2D eigenvalue weighted by molar-refractivity contribution is 8.02. The molecule has 0 spiro atoms. The topological polar surface area (TPSA) is 44.5 Å². The molecule has 0 radical (unpaired) electrons. The van der Waals surface area contributed by atoms with Crippen LogP contribution in [0.25, 0.3) is 11.5 Å². The van der Waals surface area contributed by atoms with Gasteiger partial charge in [-0.1, -0.05) is 30.7 Å². The van der Waals surface area contributed by atoms with Crippen molar-refractivity contribution in [3.8, 4) is 23.0 Å². The molecular formula is C24H31NO3S. The highest BCUT2D eigenvalue weighted by Crippen LogP contribution is 2.33. The van der Waals surface area contributed by atoms with Crippen molar-refractivity contribution < 1.29 is 13.9 Å². The number of aromatic nitrogens is 1. The Morgan fingerprint density at radius 1 is 1.10 bits per heavy atom. The van der Waals surface area contributed by atoms with Crippen LogP contribution < -0.4 is 9.47 Å². The van der Waals surface area contributed by atoms with Crippen LogP contribution in [-0.4, -0.2) is 18.2 Å². The first-order valence-electron chi connectivity index (χ1n) is 10.1. The van der Waals surface area contributed by atoms with E-state index in [-0.39, 0.29) is 0 Å². The summed E-state index contributed by atoms with van der Waals surface area (Å²) in [6, 6.07) is 5.77. The van der Waals surface area contributed by atoms with Crippen molar-refractivity contribution >= 4 is 11.8 Å². The van der Waals surface area contributed by atoms with E-state index in [0.29, 0.717) is 24.9 Å². The maximum absolute atomic E-state index is 5.74. The van der Waals surface area contributed by atoms with Crippen LogP contribution in [0.3, 0.4) is 0 Å². The molecule has 0 amide bonds. The van der Waals surface area contributed by atoms with Crippen LogP contribution in [0.15, 0.2) is 63.7 Å². The first-order valence-corrected chi connectivity index (χ1v) is 11.1. The predicted octanol–water partition coefficient (Wildman–Crippen LogP) is 7.19. The fraction of sp³-hybridized carbons (Fsp3) is 0.375. The van der Waals surface area contributed by atoms with Crippen LogP contribution in [0.2, 0.25) is 0 Å². The lowest BCUT2D eigenvalue weighted by Crippen LogP contribution is -1.98. The third-order valence-corrected chi connectivity index (χ3v) is 5.46. The SMILES string of the molecule is C\C=C/C=C\C(SCc1coc(-c2ccc(OCC)c(OCC)c2)n1)=C(/C)CC. The van der Waals surface area contributed by atoms with E-state index in [2.05, 4.69) is 31.0 Å². The molecule has 0 aliphatic rings. The van der Waals surface area contributed by atoms with E-state index in [9.17, 15) is 0 Å². The van der Waals surface area contributed by atoms with Crippen molar-refractivity contribution in [3.05, 3.63) is 64.9 Å². The van der Waals surface area contributed by atoms with Gasteiger partial charge in [0.25, 0.3) is 0 Å². The number of nitrogens with zero attached hydrogens (tertiary/aromatic N) is 1. The molecule has 0 N–H and O–H groups in total. The minimum Gasteiger partial charge on any atom is -0.490 e. The van der Waals surface area contributed by atoms with Gasteiger partial charge < -0.3 is 13.9 Å². The molecule has 0 aliphatic heterocycles. The number of allylic oxidation sites excluding steroid dienone is 5. The zero-order valence-corrected chi connectivity index (χ0v) is 18.8. The van der Waals surface area contributed by atoms with Crippen LogP contribution in [-0.2, 0) is 5.75 Å². The Bertz CT molecular complexity index is 865. The van der Waals surface area contributed by atoms with Gasteiger partial charge in [-0.2, -0.15) is 0 Å². The maximum Gasteiger partial charge on any atom is 0.226 e. The van der Waals surface area contributed by atoms with Gasteiger partial charge in [-0.05, 0) is 58.4 Å². The van der Waals surface area contributed by atoms with E-state index >= 15 is 0 Å². The molecule has 156 valence electrons. The third kappa shape index (κ3) is 6.86. The molecule has 5 heteroatoms. The number of hydrogen-bond donors (Lipinski definition) is 0. The van der Waals surface area contributed by atoms with Gasteiger partial charge in [0.1, 0.15) is 6.26 Å². The third-order valence-electron chi connectivity index (χ3n) is 4.22. The van der Waals surface area contributed by atoms with Gasteiger partial charge in [0, 0.05) is 16.2 Å². The van der Waals surface area contributed by atoms with Crippen LogP contribution >= 0.6 is 11.8 Å². The highest BCUT2D eigenvalue weighted by atomic mass is 32.2. The van der Waals surface area contributed by atoms with Gasteiger partial charge in [-0.3, -0.25) is 0 Å². The second kappa shape index (κ2) is 12.2. The van der Waals surface area contributed by atoms with Crippen LogP contribution in [0.4, 0.5) is 0 Å². The van der Waals surface area contributed by atoms with Crippen molar-refractivity contribution in [1.29, 1.82) is 0 Å². The van der Waals surface area contributed by atoms with Gasteiger partial charge in [0.05, 0.1) is 18.9 Å². The molecule has 1 aromatic carbocycles. The van der Waals surface area contributed by atoms with Gasteiger partial charge in [-0.15, -0.1) is 11.8 Å². The van der Waals surface area contributed by atoms with E-state index in [4.69, 9.17) is 13.9 Å². The Kier molecular flexibility index (Phi) is 9.65. The lowest BCUT2D eigenvalue weighted by molar-refractivity contribution is 0.288. The van der Waals surface area contributed by atoms with Gasteiger partial charge in [-0.25, -0.2) is 4.98 Å². The summed E-state index contributed by atoms with van der Waals surface area (Å²) in [4.78, 5) is 5.94. The van der Waals surface area contributed by atoms with Crippen molar-refractivity contribution in [2.75, 3.05) is 13.2 Å². The molecule has 0 bridgehead atoms. The van der Waals surface area contributed by atoms with Gasteiger partial charge >= 0.3 is 0 Å². The average molecular weight is 414 g/mol. The van der Waals surface area contributed by atoms with E-state index in [0.717, 1.165) is 29.2 Å². The number of hydrogen-bond acceptors (Lipinski definition) is 5. The summed E-state index contributed by atoms with van der Waals surface area (Å²) < 4.78 is 17.1. The van der Waals surface area contributed by atoms with Crippen LogP contribution in [0, 0.1) is 0 Å². The molecule has 0 fully saturated rings. The zero-order chi connectivity index (χ0) is 21.1. The summed E-state index contributed by atoms with van der Waals surface area (Å²) in [5, 5.41) is 0. The standard InChI is InChI=1S/C24H31NO3S/c1-6-10-11-12-23(18(5)7-2)29-17-20-16-28-24(25-20)19-13-14-21(26-8-3)22(15-19)27-9-4/h6,10-16H,7-9,17H2,1-5H3/b10-6-,12-11-,23-18-. The van der Waals surface area contributed by atoms with Crippen LogP contribution in [0.1, 0.15) is 46.7 Å². The molecule has 0 saturated heterocycles. The van der Waals surface area contributed by atoms with Crippen LogP contribution in [0.5, 0.6) is 11.5 Å². The van der Waals surface area contributed by atoms with Crippen molar-refractivity contribution in [2.24, 2.45) is 0 Å². The Morgan fingerprint density at radius 3 is 2.55 bits per heavy atom. The first kappa shape index (κ1) is 22.9. The fourth-order valence-corrected chi connectivity index (χ4v) is 3.59. The quantitative estimate of drug-likeness (QED) is 0.365. The molecule has 4 nitrogen and oxygen atoms in total. The molecule has 1 heterocycles. The maximum atomic E-state index is 5.74. The predicted molar refractivity (Wildman–Crippen MR) is 123 cm³/mol. The number of thioether (sulfide) groups is 1. The summed E-state index contributed by atoms with van der Waals surface area (Å²) in [5.41, 5.74) is 3.16. The Hall–Kier alpha value is -2.40.